The number of carbonyl (C=O) groups is 3. The van der Waals surface area contributed by atoms with Crippen LogP contribution in [0.1, 0.15) is 32.6 Å². The van der Waals surface area contributed by atoms with Gasteiger partial charge in [0.15, 0.2) is 0 Å². The van der Waals surface area contributed by atoms with E-state index in [0.717, 1.165) is 6.42 Å². The third-order valence-corrected chi connectivity index (χ3v) is 7.05. The minimum Gasteiger partial charge on any atom is -0.352 e. The van der Waals surface area contributed by atoms with Crippen LogP contribution in [-0.2, 0) is 24.4 Å². The predicted molar refractivity (Wildman–Crippen MR) is 106 cm³/mol. The van der Waals surface area contributed by atoms with Crippen molar-refractivity contribution in [1.82, 2.24) is 14.5 Å². The fourth-order valence-electron chi connectivity index (χ4n) is 3.62. The van der Waals surface area contributed by atoms with E-state index in [9.17, 15) is 22.8 Å². The summed E-state index contributed by atoms with van der Waals surface area (Å²) in [4.78, 5) is 36.6. The van der Waals surface area contributed by atoms with Gasteiger partial charge in [0.2, 0.25) is 27.7 Å². The van der Waals surface area contributed by atoms with Crippen molar-refractivity contribution in [2.45, 2.75) is 43.5 Å². The van der Waals surface area contributed by atoms with Gasteiger partial charge < -0.3 is 15.5 Å². The first kappa shape index (κ1) is 21.3. The molecule has 29 heavy (non-hydrogen) atoms. The molecule has 0 spiro atoms. The molecule has 0 saturated carbocycles. The highest BCUT2D eigenvalue weighted by Crippen LogP contribution is 2.22. The molecule has 2 N–H and O–H groups in total. The Morgan fingerprint density at radius 2 is 1.76 bits per heavy atom. The van der Waals surface area contributed by atoms with E-state index in [1.807, 2.05) is 0 Å². The maximum absolute atomic E-state index is 12.8. The van der Waals surface area contributed by atoms with E-state index in [0.29, 0.717) is 44.6 Å². The van der Waals surface area contributed by atoms with Crippen LogP contribution in [-0.4, -0.2) is 67.6 Å². The lowest BCUT2D eigenvalue weighted by Crippen LogP contribution is -2.48. The van der Waals surface area contributed by atoms with E-state index in [2.05, 4.69) is 10.6 Å². The number of amides is 3. The van der Waals surface area contributed by atoms with Gasteiger partial charge in [-0.2, -0.15) is 4.31 Å². The third-order valence-electron chi connectivity index (χ3n) is 5.14. The highest BCUT2D eigenvalue weighted by atomic mass is 32.2. The van der Waals surface area contributed by atoms with Crippen molar-refractivity contribution in [3.8, 4) is 0 Å². The number of benzene rings is 1. The lowest BCUT2D eigenvalue weighted by Gasteiger charge is -2.32. The van der Waals surface area contributed by atoms with Crippen LogP contribution in [0.15, 0.2) is 29.2 Å². The number of piperidine rings is 1. The summed E-state index contributed by atoms with van der Waals surface area (Å²) in [6, 6.07) is 5.96. The van der Waals surface area contributed by atoms with Crippen molar-refractivity contribution in [1.29, 1.82) is 0 Å². The summed E-state index contributed by atoms with van der Waals surface area (Å²) >= 11 is 0. The van der Waals surface area contributed by atoms with Crippen LogP contribution in [0.5, 0.6) is 0 Å². The maximum Gasteiger partial charge on any atom is 0.243 e. The Morgan fingerprint density at radius 3 is 2.31 bits per heavy atom. The Balaban J connectivity index is 1.52. The normalized spacial score (nSPS) is 18.7. The van der Waals surface area contributed by atoms with E-state index in [1.54, 1.807) is 17.0 Å². The van der Waals surface area contributed by atoms with Gasteiger partial charge in [-0.3, -0.25) is 14.4 Å². The smallest absolute Gasteiger partial charge is 0.243 e. The summed E-state index contributed by atoms with van der Waals surface area (Å²) in [7, 11) is -3.63. The van der Waals surface area contributed by atoms with E-state index >= 15 is 0 Å². The maximum atomic E-state index is 12.8. The van der Waals surface area contributed by atoms with E-state index in [4.69, 9.17) is 0 Å². The lowest BCUT2D eigenvalue weighted by atomic mass is 10.1. The second-order valence-electron chi connectivity index (χ2n) is 7.37. The number of nitrogens with zero attached hydrogens (tertiary/aromatic N) is 2. The van der Waals surface area contributed by atoms with Crippen molar-refractivity contribution < 1.29 is 22.8 Å². The number of sulfonamides is 1. The molecule has 3 rings (SSSR count). The zero-order valence-electron chi connectivity index (χ0n) is 16.4. The Hall–Kier alpha value is -2.46. The van der Waals surface area contributed by atoms with Gasteiger partial charge in [0.1, 0.15) is 0 Å². The Labute approximate surface area is 170 Å². The second kappa shape index (κ2) is 8.91. The largest absolute Gasteiger partial charge is 0.352 e. The van der Waals surface area contributed by atoms with Crippen LogP contribution in [0.4, 0.5) is 5.69 Å². The molecule has 9 nitrogen and oxygen atoms in total. The summed E-state index contributed by atoms with van der Waals surface area (Å²) in [6.45, 7) is 2.69. The highest BCUT2D eigenvalue weighted by molar-refractivity contribution is 7.89. The van der Waals surface area contributed by atoms with Crippen LogP contribution >= 0.6 is 0 Å². The number of hydrogen-bond acceptors (Lipinski definition) is 5. The first-order valence-corrected chi connectivity index (χ1v) is 11.1. The second-order valence-corrected chi connectivity index (χ2v) is 9.31. The van der Waals surface area contributed by atoms with Gasteiger partial charge in [-0.15, -0.1) is 0 Å². The standard InChI is InChI=1S/C19H26N4O5S/c1-14(24)20-15-4-6-17(7-5-15)29(27,28)23-11-8-16(9-12-23)21-18(25)13-22-10-2-3-19(22)26/h4-7,16H,2-3,8-13H2,1H3,(H,20,24)(H,21,25). The molecule has 0 aliphatic carbocycles. The monoisotopic (exact) mass is 422 g/mol. The number of nitrogens with one attached hydrogen (secondary N) is 2. The zero-order valence-corrected chi connectivity index (χ0v) is 17.2. The van der Waals surface area contributed by atoms with Gasteiger partial charge in [-0.1, -0.05) is 0 Å². The summed E-state index contributed by atoms with van der Waals surface area (Å²) < 4.78 is 27.1. The first-order chi connectivity index (χ1) is 13.8. The van der Waals surface area contributed by atoms with Gasteiger partial charge >= 0.3 is 0 Å². The van der Waals surface area contributed by atoms with Crippen LogP contribution in [0, 0.1) is 0 Å². The highest BCUT2D eigenvalue weighted by Gasteiger charge is 2.30. The molecule has 0 aromatic heterocycles. The minimum absolute atomic E-state index is 0.00517. The molecule has 2 aliphatic heterocycles. The van der Waals surface area contributed by atoms with Crippen molar-refractivity contribution in [3.05, 3.63) is 24.3 Å². The molecule has 0 atom stereocenters. The summed E-state index contributed by atoms with van der Waals surface area (Å²) in [6.07, 6.45) is 2.31. The molecule has 2 heterocycles. The van der Waals surface area contributed by atoms with Crippen LogP contribution in [0.2, 0.25) is 0 Å². The molecule has 10 heteroatoms. The quantitative estimate of drug-likeness (QED) is 0.694. The Kier molecular flexibility index (Phi) is 6.53. The Bertz CT molecular complexity index is 876. The molecule has 158 valence electrons. The minimum atomic E-state index is -3.63. The molecule has 0 bridgehead atoms. The molecule has 0 unspecified atom stereocenters. The number of likely N-dealkylation sites (tertiary alicyclic amines) is 1. The van der Waals surface area contributed by atoms with Gasteiger partial charge in [-0.05, 0) is 43.5 Å². The molecular weight excluding hydrogens is 396 g/mol. The average Bonchev–Trinajstić information content (AvgIpc) is 3.06. The van der Waals surface area contributed by atoms with Crippen molar-refractivity contribution in [2.24, 2.45) is 0 Å². The fourth-order valence-corrected chi connectivity index (χ4v) is 5.09. The first-order valence-electron chi connectivity index (χ1n) is 9.70. The van der Waals surface area contributed by atoms with Gasteiger partial charge in [0.25, 0.3) is 0 Å². The zero-order chi connectivity index (χ0) is 21.0. The number of hydrogen-bond donors (Lipinski definition) is 2. The Morgan fingerprint density at radius 1 is 1.10 bits per heavy atom. The number of carbonyl (C=O) groups excluding carboxylic acids is 3. The summed E-state index contributed by atoms with van der Waals surface area (Å²) in [5.74, 6) is -0.417. The summed E-state index contributed by atoms with van der Waals surface area (Å²) in [5.41, 5.74) is 0.536. The number of anilines is 1. The molecule has 1 aromatic carbocycles. The van der Waals surface area contributed by atoms with Gasteiger partial charge in [-0.25, -0.2) is 8.42 Å². The molecule has 3 amide bonds. The molecule has 2 fully saturated rings. The molecule has 2 aliphatic rings. The van der Waals surface area contributed by atoms with Crippen molar-refractivity contribution in [2.75, 3.05) is 31.5 Å². The van der Waals surface area contributed by atoms with Crippen LogP contribution in [0.25, 0.3) is 0 Å². The molecule has 2 saturated heterocycles. The average molecular weight is 423 g/mol. The fraction of sp³-hybridized carbons (Fsp3) is 0.526. The van der Waals surface area contributed by atoms with E-state index in [-0.39, 0.29) is 35.2 Å². The molecular formula is C19H26N4O5S. The van der Waals surface area contributed by atoms with Gasteiger partial charge in [0.05, 0.1) is 11.4 Å². The van der Waals surface area contributed by atoms with Crippen molar-refractivity contribution in [3.63, 3.8) is 0 Å². The third kappa shape index (κ3) is 5.33. The van der Waals surface area contributed by atoms with Crippen LogP contribution < -0.4 is 10.6 Å². The predicted octanol–water partition coefficient (Wildman–Crippen LogP) is 0.537. The van der Waals surface area contributed by atoms with E-state index in [1.165, 1.54) is 23.4 Å². The van der Waals surface area contributed by atoms with Crippen LogP contribution in [0.3, 0.4) is 0 Å². The number of rotatable bonds is 6. The molecule has 1 aromatic rings. The topological polar surface area (TPSA) is 116 Å². The van der Waals surface area contributed by atoms with Gasteiger partial charge in [0, 0.05) is 44.7 Å². The SMILES string of the molecule is CC(=O)Nc1ccc(S(=O)(=O)N2CCC(NC(=O)CN3CCCC3=O)CC2)cc1. The van der Waals surface area contributed by atoms with Crippen molar-refractivity contribution >= 4 is 33.4 Å². The lowest BCUT2D eigenvalue weighted by molar-refractivity contribution is -0.133. The molecule has 0 radical (unpaired) electrons. The van der Waals surface area contributed by atoms with E-state index < -0.39 is 10.0 Å². The summed E-state index contributed by atoms with van der Waals surface area (Å²) in [5, 5.41) is 5.51.